The van der Waals surface area contributed by atoms with Crippen molar-refractivity contribution in [2.75, 3.05) is 7.11 Å². The van der Waals surface area contributed by atoms with Crippen molar-refractivity contribution in [2.45, 2.75) is 59.3 Å². The van der Waals surface area contributed by atoms with E-state index in [1.165, 1.54) is 5.56 Å². The Morgan fingerprint density at radius 3 is 1.84 bits per heavy atom. The van der Waals surface area contributed by atoms with Crippen LogP contribution in [0.1, 0.15) is 91.9 Å². The molecule has 0 atom stereocenters. The van der Waals surface area contributed by atoms with Crippen molar-refractivity contribution in [3.8, 4) is 5.75 Å². The highest BCUT2D eigenvalue weighted by Crippen LogP contribution is 2.34. The van der Waals surface area contributed by atoms with E-state index in [2.05, 4.69) is 53.7 Å². The fourth-order valence-electron chi connectivity index (χ4n) is 3.13. The molecule has 2 nitrogen and oxygen atoms in total. The number of hydrogen-bond donors (Lipinski definition) is 0. The molecule has 2 heteroatoms. The molecular formula is C23H30O2. The first kappa shape index (κ1) is 19.2. The van der Waals surface area contributed by atoms with Gasteiger partial charge >= 0.3 is 0 Å². The highest BCUT2D eigenvalue weighted by atomic mass is 16.5. The maximum Gasteiger partial charge on any atom is 0.193 e. The summed E-state index contributed by atoms with van der Waals surface area (Å²) in [6.07, 6.45) is 0. The van der Waals surface area contributed by atoms with Gasteiger partial charge in [-0.2, -0.15) is 0 Å². The number of methoxy groups -OCH3 is 1. The summed E-state index contributed by atoms with van der Waals surface area (Å²) in [6.45, 7) is 13.0. The zero-order valence-electron chi connectivity index (χ0n) is 16.5. The standard InChI is InChI=1S/C23H30O2/c1-14(2)18-12-20(15(3)4)22(21(13-18)16(5)6)23(24)17-9-8-10-19(11-17)25-7/h8-16H,1-7H3. The van der Waals surface area contributed by atoms with Gasteiger partial charge in [0.1, 0.15) is 5.75 Å². The largest absolute Gasteiger partial charge is 0.497 e. The number of benzene rings is 2. The van der Waals surface area contributed by atoms with Gasteiger partial charge in [0.15, 0.2) is 5.78 Å². The summed E-state index contributed by atoms with van der Waals surface area (Å²) in [5, 5.41) is 0. The molecule has 0 aliphatic heterocycles. The average molecular weight is 338 g/mol. The van der Waals surface area contributed by atoms with E-state index >= 15 is 0 Å². The Morgan fingerprint density at radius 1 is 0.840 bits per heavy atom. The third-order valence-electron chi connectivity index (χ3n) is 4.69. The lowest BCUT2D eigenvalue weighted by atomic mass is 9.81. The van der Waals surface area contributed by atoms with Crippen LogP contribution < -0.4 is 4.74 Å². The number of ether oxygens (including phenoxy) is 1. The van der Waals surface area contributed by atoms with Gasteiger partial charge in [0.05, 0.1) is 7.11 Å². The molecule has 0 saturated heterocycles. The minimum absolute atomic E-state index is 0.0848. The summed E-state index contributed by atoms with van der Waals surface area (Å²) in [6, 6.07) is 11.9. The smallest absolute Gasteiger partial charge is 0.193 e. The Hall–Kier alpha value is -2.09. The van der Waals surface area contributed by atoms with Gasteiger partial charge in [-0.1, -0.05) is 65.8 Å². The summed E-state index contributed by atoms with van der Waals surface area (Å²) in [4.78, 5) is 13.4. The molecule has 0 heterocycles. The second kappa shape index (κ2) is 7.86. The lowest BCUT2D eigenvalue weighted by Gasteiger charge is -2.22. The Labute approximate surface area is 152 Å². The normalized spacial score (nSPS) is 11.4. The second-order valence-electron chi connectivity index (χ2n) is 7.60. The van der Waals surface area contributed by atoms with Crippen LogP contribution in [0.15, 0.2) is 36.4 Å². The van der Waals surface area contributed by atoms with Gasteiger partial charge in [-0.3, -0.25) is 4.79 Å². The maximum atomic E-state index is 13.4. The van der Waals surface area contributed by atoms with Crippen molar-refractivity contribution < 1.29 is 9.53 Å². The van der Waals surface area contributed by atoms with Crippen molar-refractivity contribution in [3.63, 3.8) is 0 Å². The number of carbonyl (C=O) groups excluding carboxylic acids is 1. The summed E-state index contributed by atoms with van der Waals surface area (Å²) in [7, 11) is 1.63. The highest BCUT2D eigenvalue weighted by Gasteiger charge is 2.23. The van der Waals surface area contributed by atoms with E-state index in [4.69, 9.17) is 4.74 Å². The van der Waals surface area contributed by atoms with Gasteiger partial charge in [-0.05, 0) is 46.6 Å². The second-order valence-corrected chi connectivity index (χ2v) is 7.60. The first-order chi connectivity index (χ1) is 11.8. The summed E-state index contributed by atoms with van der Waals surface area (Å²) in [5.74, 6) is 1.82. The van der Waals surface area contributed by atoms with Crippen LogP contribution in [0.4, 0.5) is 0 Å². The van der Waals surface area contributed by atoms with E-state index < -0.39 is 0 Å². The van der Waals surface area contributed by atoms with Crippen LogP contribution in [0.3, 0.4) is 0 Å². The maximum absolute atomic E-state index is 13.4. The lowest BCUT2D eigenvalue weighted by molar-refractivity contribution is 0.103. The molecule has 0 bridgehead atoms. The van der Waals surface area contributed by atoms with Crippen LogP contribution in [-0.4, -0.2) is 12.9 Å². The molecule has 0 aliphatic rings. The van der Waals surface area contributed by atoms with Gasteiger partial charge in [-0.25, -0.2) is 0 Å². The molecule has 0 radical (unpaired) electrons. The van der Waals surface area contributed by atoms with Crippen LogP contribution in [0, 0.1) is 0 Å². The minimum Gasteiger partial charge on any atom is -0.497 e. The van der Waals surface area contributed by atoms with Gasteiger partial charge < -0.3 is 4.74 Å². The number of ketones is 1. The van der Waals surface area contributed by atoms with Gasteiger partial charge in [0.2, 0.25) is 0 Å². The van der Waals surface area contributed by atoms with E-state index in [9.17, 15) is 4.79 Å². The molecule has 2 aromatic rings. The molecule has 0 N–H and O–H groups in total. The van der Waals surface area contributed by atoms with Crippen molar-refractivity contribution in [3.05, 3.63) is 64.2 Å². The van der Waals surface area contributed by atoms with E-state index in [1.54, 1.807) is 7.11 Å². The zero-order chi connectivity index (χ0) is 18.7. The SMILES string of the molecule is COc1cccc(C(=O)c2c(C(C)C)cc(C(C)C)cc2C(C)C)c1. The van der Waals surface area contributed by atoms with Crippen LogP contribution in [0.25, 0.3) is 0 Å². The molecule has 2 rings (SSSR count). The van der Waals surface area contributed by atoms with E-state index in [1.807, 2.05) is 24.3 Å². The molecule has 25 heavy (non-hydrogen) atoms. The highest BCUT2D eigenvalue weighted by molar-refractivity contribution is 6.11. The van der Waals surface area contributed by atoms with Crippen LogP contribution >= 0.6 is 0 Å². The number of rotatable bonds is 6. The minimum atomic E-state index is 0.0848. The number of carbonyl (C=O) groups is 1. The quantitative estimate of drug-likeness (QED) is 0.578. The third kappa shape index (κ3) is 4.12. The van der Waals surface area contributed by atoms with Crippen LogP contribution in [0.5, 0.6) is 5.75 Å². The molecule has 0 amide bonds. The summed E-state index contributed by atoms with van der Waals surface area (Å²) in [5.41, 5.74) is 5.13. The molecule has 0 saturated carbocycles. The van der Waals surface area contributed by atoms with Crippen molar-refractivity contribution in [1.82, 2.24) is 0 Å². The molecule has 0 spiro atoms. The van der Waals surface area contributed by atoms with Crippen molar-refractivity contribution in [1.29, 1.82) is 0 Å². The molecule has 0 aromatic heterocycles. The summed E-state index contributed by atoms with van der Waals surface area (Å²) >= 11 is 0. The monoisotopic (exact) mass is 338 g/mol. The Balaban J connectivity index is 2.70. The first-order valence-electron chi connectivity index (χ1n) is 9.12. The molecule has 0 aliphatic carbocycles. The Bertz CT molecular complexity index is 725. The van der Waals surface area contributed by atoms with E-state index in [0.29, 0.717) is 29.1 Å². The van der Waals surface area contributed by atoms with Crippen molar-refractivity contribution in [2.24, 2.45) is 0 Å². The zero-order valence-corrected chi connectivity index (χ0v) is 16.5. The summed E-state index contributed by atoms with van der Waals surface area (Å²) < 4.78 is 5.29. The molecule has 134 valence electrons. The fraction of sp³-hybridized carbons (Fsp3) is 0.435. The number of hydrogen-bond acceptors (Lipinski definition) is 2. The van der Waals surface area contributed by atoms with Gasteiger partial charge in [0, 0.05) is 11.1 Å². The van der Waals surface area contributed by atoms with E-state index in [-0.39, 0.29) is 5.78 Å². The van der Waals surface area contributed by atoms with Crippen molar-refractivity contribution >= 4 is 5.78 Å². The predicted octanol–water partition coefficient (Wildman–Crippen LogP) is 6.30. The molecular weight excluding hydrogens is 308 g/mol. The van der Waals surface area contributed by atoms with E-state index in [0.717, 1.165) is 16.7 Å². The molecule has 2 aromatic carbocycles. The fourth-order valence-corrected chi connectivity index (χ4v) is 3.13. The topological polar surface area (TPSA) is 26.3 Å². The van der Waals surface area contributed by atoms with Crippen LogP contribution in [0.2, 0.25) is 0 Å². The van der Waals surface area contributed by atoms with Gasteiger partial charge in [-0.15, -0.1) is 0 Å². The third-order valence-corrected chi connectivity index (χ3v) is 4.69. The molecule has 0 fully saturated rings. The average Bonchev–Trinajstić information content (AvgIpc) is 2.59. The Kier molecular flexibility index (Phi) is 6.05. The predicted molar refractivity (Wildman–Crippen MR) is 105 cm³/mol. The lowest BCUT2D eigenvalue weighted by Crippen LogP contribution is -2.13. The Morgan fingerprint density at radius 2 is 1.40 bits per heavy atom. The van der Waals surface area contributed by atoms with Crippen LogP contribution in [-0.2, 0) is 0 Å². The molecule has 0 unspecified atom stereocenters. The van der Waals surface area contributed by atoms with Gasteiger partial charge in [0.25, 0.3) is 0 Å². The first-order valence-corrected chi connectivity index (χ1v) is 9.12.